The summed E-state index contributed by atoms with van der Waals surface area (Å²) >= 11 is 0. The van der Waals surface area contributed by atoms with Crippen molar-refractivity contribution < 1.29 is 4.57 Å². The molecule has 3 aliphatic rings. The molecule has 4 nitrogen and oxygen atoms in total. The first-order valence-electron chi connectivity index (χ1n) is 21.2. The van der Waals surface area contributed by atoms with Crippen LogP contribution in [0.2, 0.25) is 0 Å². The van der Waals surface area contributed by atoms with Crippen LogP contribution in [-0.2, 0) is 9.98 Å². The Balaban J connectivity index is 1.15. The van der Waals surface area contributed by atoms with Crippen molar-refractivity contribution in [2.24, 2.45) is 0 Å². The Hall–Kier alpha value is -7.65. The van der Waals surface area contributed by atoms with Gasteiger partial charge in [0.2, 0.25) is 0 Å². The van der Waals surface area contributed by atoms with Gasteiger partial charge in [-0.15, -0.1) is 0 Å². The van der Waals surface area contributed by atoms with E-state index in [-0.39, 0.29) is 0 Å². The molecule has 0 saturated heterocycles. The lowest BCUT2D eigenvalue weighted by Crippen LogP contribution is -2.34. The molecular weight excluding hydrogens is 774 g/mol. The molecule has 0 N–H and O–H groups in total. The van der Waals surface area contributed by atoms with Crippen molar-refractivity contribution in [3.63, 3.8) is 0 Å². The van der Waals surface area contributed by atoms with Crippen LogP contribution < -0.4 is 15.9 Å². The zero-order valence-electron chi connectivity index (χ0n) is 33.3. The van der Waals surface area contributed by atoms with Crippen LogP contribution in [0, 0.1) is 0 Å². The van der Waals surface area contributed by atoms with Gasteiger partial charge < -0.3 is 9.13 Å². The van der Waals surface area contributed by atoms with E-state index in [1.54, 1.807) is 0 Å². The van der Waals surface area contributed by atoms with Gasteiger partial charge in [-0.2, -0.15) is 0 Å². The van der Waals surface area contributed by atoms with E-state index >= 15 is 4.57 Å². The second-order valence-electron chi connectivity index (χ2n) is 16.7. The Bertz CT molecular complexity index is 3800. The molecule has 62 heavy (non-hydrogen) atoms. The molecule has 1 unspecified atom stereocenters. The number of fused-ring (bicyclic) bond motifs is 17. The summed E-state index contributed by atoms with van der Waals surface area (Å²) in [5, 5.41) is 6.11. The minimum Gasteiger partial charge on any atom is -0.309 e. The zero-order valence-corrected chi connectivity index (χ0v) is 34.2. The summed E-state index contributed by atoms with van der Waals surface area (Å²) < 4.78 is 19.2. The van der Waals surface area contributed by atoms with Gasteiger partial charge in [0.1, 0.15) is 0 Å². The fourth-order valence-electron chi connectivity index (χ4n) is 11.4. The minimum atomic E-state index is -3.40. The topological polar surface area (TPSA) is 47.8 Å². The largest absolute Gasteiger partial charge is 0.309 e. The molecule has 9 aromatic carbocycles. The zero-order chi connectivity index (χ0) is 40.7. The summed E-state index contributed by atoms with van der Waals surface area (Å²) in [6.45, 7) is 0. The standard InChI is InChI=1S/C57H34N3OP/c61-62(37-18-5-2-6-19-37)51-29-14-9-21-39(51)41-31-33-46-52(55(41)62)43-34-36(56-58-48-26-11-7-22-42(48)53(59-56)35-16-3-1-4-17-35)30-32-44(43)57(46)45-24-10-13-28-50(45)60-49-27-12-8-20-38(49)40-23-15-25-47(57)54(40)60/h1-34H/t57?,62-/m0/s1. The van der Waals surface area contributed by atoms with E-state index in [9.17, 15) is 0 Å². The number of hydrogen-bond donors (Lipinski definition) is 0. The van der Waals surface area contributed by atoms with E-state index in [1.165, 1.54) is 38.5 Å². The number of rotatable bonds is 3. The number of hydrogen-bond acceptors (Lipinski definition) is 3. The van der Waals surface area contributed by atoms with Crippen molar-refractivity contribution in [2.45, 2.75) is 5.41 Å². The molecule has 0 amide bonds. The normalized spacial score (nSPS) is 17.5. The monoisotopic (exact) mass is 807 g/mol. The number of para-hydroxylation sites is 4. The smallest absolute Gasteiger partial charge is 0.172 e. The molecule has 5 heteroatoms. The predicted molar refractivity (Wildman–Crippen MR) is 254 cm³/mol. The van der Waals surface area contributed by atoms with Gasteiger partial charge >= 0.3 is 0 Å². The molecule has 1 aliphatic carbocycles. The first-order valence-corrected chi connectivity index (χ1v) is 22.9. The Morgan fingerprint density at radius 3 is 2.05 bits per heavy atom. The fourth-order valence-corrected chi connectivity index (χ4v) is 14.7. The molecule has 14 rings (SSSR count). The van der Waals surface area contributed by atoms with Crippen LogP contribution in [0.15, 0.2) is 206 Å². The highest BCUT2D eigenvalue weighted by atomic mass is 31.2. The second-order valence-corrected chi connectivity index (χ2v) is 19.4. The van der Waals surface area contributed by atoms with Crippen molar-refractivity contribution in [2.75, 3.05) is 0 Å². The molecule has 0 bridgehead atoms. The third-order valence-corrected chi connectivity index (χ3v) is 17.0. The Labute approximate surface area is 357 Å². The van der Waals surface area contributed by atoms with Gasteiger partial charge in [0, 0.05) is 43.2 Å². The van der Waals surface area contributed by atoms with Crippen LogP contribution in [0.3, 0.4) is 0 Å². The van der Waals surface area contributed by atoms with Crippen LogP contribution in [-0.4, -0.2) is 14.5 Å². The molecule has 0 fully saturated rings. The van der Waals surface area contributed by atoms with Crippen molar-refractivity contribution in [3.8, 4) is 50.6 Å². The minimum absolute atomic E-state index is 0.654. The lowest BCUT2D eigenvalue weighted by Gasteiger charge is -2.39. The second kappa shape index (κ2) is 12.2. The molecule has 4 heterocycles. The molecule has 1 spiro atoms. The number of benzene rings is 9. The van der Waals surface area contributed by atoms with E-state index in [1.807, 2.05) is 36.4 Å². The average molecular weight is 808 g/mol. The summed E-state index contributed by atoms with van der Waals surface area (Å²) in [5.74, 6) is 0.654. The van der Waals surface area contributed by atoms with Gasteiger partial charge in [0.15, 0.2) is 13.0 Å². The van der Waals surface area contributed by atoms with Crippen LogP contribution in [0.4, 0.5) is 0 Å². The van der Waals surface area contributed by atoms with Crippen molar-refractivity contribution >= 4 is 55.8 Å². The van der Waals surface area contributed by atoms with E-state index in [2.05, 4.69) is 174 Å². The maximum Gasteiger partial charge on any atom is 0.172 e. The maximum atomic E-state index is 16.7. The van der Waals surface area contributed by atoms with E-state index in [0.29, 0.717) is 5.82 Å². The van der Waals surface area contributed by atoms with E-state index < -0.39 is 12.6 Å². The predicted octanol–water partition coefficient (Wildman–Crippen LogP) is 12.4. The highest BCUT2D eigenvalue weighted by Gasteiger charge is 2.54. The van der Waals surface area contributed by atoms with Crippen LogP contribution in [0.25, 0.3) is 83.3 Å². The fraction of sp³-hybridized carbons (Fsp3) is 0.0175. The lowest BCUT2D eigenvalue weighted by molar-refractivity contribution is 0.593. The van der Waals surface area contributed by atoms with Gasteiger partial charge in [-0.3, -0.25) is 0 Å². The highest BCUT2D eigenvalue weighted by Crippen LogP contribution is 2.65. The first-order chi connectivity index (χ1) is 30.7. The van der Waals surface area contributed by atoms with Crippen LogP contribution >= 0.6 is 7.14 Å². The van der Waals surface area contributed by atoms with E-state index in [0.717, 1.165) is 77.1 Å². The van der Waals surface area contributed by atoms with Crippen LogP contribution in [0.5, 0.6) is 0 Å². The Morgan fingerprint density at radius 1 is 0.468 bits per heavy atom. The molecule has 11 aromatic rings. The summed E-state index contributed by atoms with van der Waals surface area (Å²) in [4.78, 5) is 10.6. The third-order valence-electron chi connectivity index (χ3n) is 13.8. The molecule has 0 radical (unpaired) electrons. The molecule has 2 aliphatic heterocycles. The third kappa shape index (κ3) is 4.15. The van der Waals surface area contributed by atoms with Crippen LogP contribution in [0.1, 0.15) is 22.3 Å². The lowest BCUT2D eigenvalue weighted by atomic mass is 9.65. The molecule has 288 valence electrons. The summed E-state index contributed by atoms with van der Waals surface area (Å²) in [6.07, 6.45) is 0. The van der Waals surface area contributed by atoms with Crippen molar-refractivity contribution in [1.82, 2.24) is 14.5 Å². The quantitative estimate of drug-likeness (QED) is 0.167. The summed E-state index contributed by atoms with van der Waals surface area (Å²) in [5.41, 5.74) is 15.5. The molecule has 2 aromatic heterocycles. The van der Waals surface area contributed by atoms with Gasteiger partial charge in [0.25, 0.3) is 0 Å². The first kappa shape index (κ1) is 34.1. The number of aromatic nitrogens is 3. The SMILES string of the molecule is O=[P@@]1(c2ccccc2)c2ccccc2-c2ccc3c(c21)-c1cc(-c2nc(-c4ccccc4)c4ccccc4n2)ccc1C31c2ccccc2-n2c3ccccc3c3cccc1c32. The Kier molecular flexibility index (Phi) is 6.73. The molecule has 0 saturated carbocycles. The van der Waals surface area contributed by atoms with Gasteiger partial charge in [-0.25, -0.2) is 9.97 Å². The molecular formula is C57H34N3OP. The molecule has 2 atom stereocenters. The Morgan fingerprint density at radius 2 is 1.16 bits per heavy atom. The highest BCUT2D eigenvalue weighted by molar-refractivity contribution is 7.86. The maximum absolute atomic E-state index is 16.7. The summed E-state index contributed by atoms with van der Waals surface area (Å²) in [7, 11) is -3.40. The van der Waals surface area contributed by atoms with Crippen molar-refractivity contribution in [1.29, 1.82) is 0 Å². The summed E-state index contributed by atoms with van der Waals surface area (Å²) in [6, 6.07) is 73.1. The van der Waals surface area contributed by atoms with Crippen molar-refractivity contribution in [3.05, 3.63) is 229 Å². The average Bonchev–Trinajstić information content (AvgIpc) is 3.93. The van der Waals surface area contributed by atoms with Gasteiger partial charge in [0.05, 0.1) is 33.3 Å². The number of nitrogens with zero attached hydrogens (tertiary/aromatic N) is 3. The van der Waals surface area contributed by atoms with E-state index in [4.69, 9.17) is 9.97 Å². The van der Waals surface area contributed by atoms with Gasteiger partial charge in [-0.1, -0.05) is 182 Å². The van der Waals surface area contributed by atoms with Gasteiger partial charge in [-0.05, 0) is 68.8 Å².